The lowest BCUT2D eigenvalue weighted by Crippen LogP contribution is -2.22. The second kappa shape index (κ2) is 7.02. The molecule has 1 aromatic carbocycles. The summed E-state index contributed by atoms with van der Waals surface area (Å²) in [5, 5.41) is 4.14. The molecule has 0 saturated heterocycles. The van der Waals surface area contributed by atoms with E-state index in [9.17, 15) is 8.42 Å². The van der Waals surface area contributed by atoms with E-state index in [2.05, 4.69) is 21.9 Å². The van der Waals surface area contributed by atoms with Crippen LogP contribution in [0.5, 0.6) is 0 Å². The van der Waals surface area contributed by atoms with Crippen molar-refractivity contribution in [3.8, 4) is 0 Å². The van der Waals surface area contributed by atoms with E-state index >= 15 is 0 Å². The average molecular weight is 325 g/mol. The van der Waals surface area contributed by atoms with Crippen molar-refractivity contribution in [3.63, 3.8) is 0 Å². The maximum atomic E-state index is 12.2. The van der Waals surface area contributed by atoms with Gasteiger partial charge in [-0.25, -0.2) is 18.1 Å². The van der Waals surface area contributed by atoms with Crippen LogP contribution in [0.2, 0.25) is 0 Å². The summed E-state index contributed by atoms with van der Waals surface area (Å²) in [6.07, 6.45) is 2.72. The number of aryl methyl sites for hydroxylation is 1. The van der Waals surface area contributed by atoms with Crippen LogP contribution in [-0.4, -0.2) is 19.9 Å². The van der Waals surface area contributed by atoms with E-state index in [0.717, 1.165) is 28.5 Å². The molecular formula is C14H19N3O2S2. The largest absolute Gasteiger partial charge is 0.385 e. The van der Waals surface area contributed by atoms with E-state index in [4.69, 9.17) is 0 Å². The van der Waals surface area contributed by atoms with Gasteiger partial charge in [-0.3, -0.25) is 0 Å². The third-order valence-electron chi connectivity index (χ3n) is 2.85. The van der Waals surface area contributed by atoms with E-state index in [1.807, 2.05) is 6.92 Å². The molecule has 0 aliphatic carbocycles. The van der Waals surface area contributed by atoms with Gasteiger partial charge in [-0.1, -0.05) is 6.92 Å². The Balaban J connectivity index is 2.01. The van der Waals surface area contributed by atoms with E-state index < -0.39 is 10.0 Å². The van der Waals surface area contributed by atoms with Gasteiger partial charge in [0.1, 0.15) is 0 Å². The molecule has 0 aliphatic heterocycles. The first-order valence-corrected chi connectivity index (χ1v) is 9.06. The van der Waals surface area contributed by atoms with Crippen molar-refractivity contribution < 1.29 is 8.42 Å². The van der Waals surface area contributed by atoms with Gasteiger partial charge in [0.15, 0.2) is 0 Å². The monoisotopic (exact) mass is 325 g/mol. The third kappa shape index (κ3) is 4.52. The highest BCUT2D eigenvalue weighted by molar-refractivity contribution is 7.89. The number of hydrogen-bond acceptors (Lipinski definition) is 5. The molecule has 7 heteroatoms. The minimum absolute atomic E-state index is 0.268. The molecule has 2 N–H and O–H groups in total. The molecule has 0 fully saturated rings. The molecule has 1 heterocycles. The number of aromatic nitrogens is 1. The lowest BCUT2D eigenvalue weighted by Gasteiger charge is -2.08. The molecule has 0 saturated carbocycles. The Labute approximate surface area is 129 Å². The summed E-state index contributed by atoms with van der Waals surface area (Å²) in [5.41, 5.74) is 0.925. The van der Waals surface area contributed by atoms with Gasteiger partial charge in [0.25, 0.3) is 0 Å². The molecule has 2 aromatic rings. The zero-order valence-electron chi connectivity index (χ0n) is 12.1. The van der Waals surface area contributed by atoms with Crippen molar-refractivity contribution >= 4 is 27.0 Å². The molecule has 0 aliphatic rings. The van der Waals surface area contributed by atoms with Gasteiger partial charge >= 0.3 is 0 Å². The van der Waals surface area contributed by atoms with Crippen LogP contribution in [0.4, 0.5) is 5.69 Å². The standard InChI is InChI=1S/C14H19N3O2S2/c1-3-8-15-12-4-6-14(7-5-12)21(18,19)17-10-13-9-16-11(2)20-13/h4-7,9,15,17H,3,8,10H2,1-2H3. The second-order valence-corrected chi connectivity index (χ2v) is 7.71. The lowest BCUT2D eigenvalue weighted by atomic mass is 10.3. The summed E-state index contributed by atoms with van der Waals surface area (Å²) in [7, 11) is -3.49. The van der Waals surface area contributed by atoms with E-state index in [1.165, 1.54) is 11.3 Å². The summed E-state index contributed by atoms with van der Waals surface area (Å²) in [6, 6.07) is 6.78. The molecular weight excluding hydrogens is 306 g/mol. The van der Waals surface area contributed by atoms with Crippen molar-refractivity contribution in [2.75, 3.05) is 11.9 Å². The third-order valence-corrected chi connectivity index (χ3v) is 5.18. The number of nitrogens with one attached hydrogen (secondary N) is 2. The Bertz CT molecular complexity index is 678. The van der Waals surface area contributed by atoms with Crippen molar-refractivity contribution in [1.29, 1.82) is 0 Å². The van der Waals surface area contributed by atoms with Crippen LogP contribution in [0.25, 0.3) is 0 Å². The molecule has 21 heavy (non-hydrogen) atoms. The molecule has 0 radical (unpaired) electrons. The zero-order valence-corrected chi connectivity index (χ0v) is 13.7. The number of anilines is 1. The number of thiazole rings is 1. The summed E-state index contributed by atoms with van der Waals surface area (Å²) in [4.78, 5) is 5.28. The Morgan fingerprint density at radius 2 is 1.95 bits per heavy atom. The van der Waals surface area contributed by atoms with E-state index in [1.54, 1.807) is 30.5 Å². The predicted molar refractivity (Wildman–Crippen MR) is 86.1 cm³/mol. The first-order valence-electron chi connectivity index (χ1n) is 6.76. The minimum atomic E-state index is -3.49. The Morgan fingerprint density at radius 1 is 1.24 bits per heavy atom. The molecule has 0 amide bonds. The van der Waals surface area contributed by atoms with E-state index in [0.29, 0.717) is 0 Å². The SMILES string of the molecule is CCCNc1ccc(S(=O)(=O)NCc2cnc(C)s2)cc1. The number of nitrogens with zero attached hydrogens (tertiary/aromatic N) is 1. The molecule has 2 rings (SSSR count). The van der Waals surface area contributed by atoms with E-state index in [-0.39, 0.29) is 11.4 Å². The van der Waals surface area contributed by atoms with Crippen molar-refractivity contribution in [3.05, 3.63) is 40.3 Å². The van der Waals surface area contributed by atoms with Gasteiger partial charge in [-0.05, 0) is 37.6 Å². The number of benzene rings is 1. The number of rotatable bonds is 7. The smallest absolute Gasteiger partial charge is 0.240 e. The topological polar surface area (TPSA) is 71.1 Å². The fourth-order valence-corrected chi connectivity index (χ4v) is 3.59. The van der Waals surface area contributed by atoms with Crippen molar-refractivity contribution in [1.82, 2.24) is 9.71 Å². The molecule has 0 bridgehead atoms. The minimum Gasteiger partial charge on any atom is -0.385 e. The first-order chi connectivity index (χ1) is 10.0. The van der Waals surface area contributed by atoms with Crippen LogP contribution in [0.3, 0.4) is 0 Å². The van der Waals surface area contributed by atoms with Gasteiger partial charge in [0.05, 0.1) is 9.90 Å². The summed E-state index contributed by atoms with van der Waals surface area (Å²) >= 11 is 1.49. The Hall–Kier alpha value is -1.44. The summed E-state index contributed by atoms with van der Waals surface area (Å²) < 4.78 is 27.0. The van der Waals surface area contributed by atoms with Crippen molar-refractivity contribution in [2.24, 2.45) is 0 Å². The second-order valence-electron chi connectivity index (χ2n) is 4.62. The molecule has 0 spiro atoms. The van der Waals surface area contributed by atoms with Crippen LogP contribution in [-0.2, 0) is 16.6 Å². The highest BCUT2D eigenvalue weighted by Gasteiger charge is 2.14. The fraction of sp³-hybridized carbons (Fsp3) is 0.357. The quantitative estimate of drug-likeness (QED) is 0.821. The van der Waals surface area contributed by atoms with Crippen LogP contribution < -0.4 is 10.0 Å². The van der Waals surface area contributed by atoms with Crippen LogP contribution in [0.1, 0.15) is 23.2 Å². The molecule has 0 atom stereocenters. The first kappa shape index (κ1) is 15.9. The zero-order chi connectivity index (χ0) is 15.3. The molecule has 114 valence electrons. The van der Waals surface area contributed by atoms with Gasteiger partial charge in [0.2, 0.25) is 10.0 Å². The maximum Gasteiger partial charge on any atom is 0.240 e. The lowest BCUT2D eigenvalue weighted by molar-refractivity contribution is 0.582. The molecule has 1 aromatic heterocycles. The molecule has 0 unspecified atom stereocenters. The molecule has 5 nitrogen and oxygen atoms in total. The average Bonchev–Trinajstić information content (AvgIpc) is 2.89. The highest BCUT2D eigenvalue weighted by Crippen LogP contribution is 2.16. The Morgan fingerprint density at radius 3 is 2.52 bits per heavy atom. The fourth-order valence-electron chi connectivity index (χ4n) is 1.76. The van der Waals surface area contributed by atoms with Crippen LogP contribution in [0.15, 0.2) is 35.4 Å². The highest BCUT2D eigenvalue weighted by atomic mass is 32.2. The van der Waals surface area contributed by atoms with Gasteiger partial charge < -0.3 is 5.32 Å². The van der Waals surface area contributed by atoms with Crippen LogP contribution in [0, 0.1) is 6.92 Å². The van der Waals surface area contributed by atoms with Gasteiger partial charge in [0, 0.05) is 29.9 Å². The predicted octanol–water partition coefficient (Wildman–Crippen LogP) is 2.75. The number of sulfonamides is 1. The summed E-state index contributed by atoms with van der Waals surface area (Å²) in [6.45, 7) is 5.11. The van der Waals surface area contributed by atoms with Crippen LogP contribution >= 0.6 is 11.3 Å². The summed E-state index contributed by atoms with van der Waals surface area (Å²) in [5.74, 6) is 0. The Kier molecular flexibility index (Phi) is 5.33. The number of hydrogen-bond donors (Lipinski definition) is 2. The van der Waals surface area contributed by atoms with Crippen molar-refractivity contribution in [2.45, 2.75) is 31.7 Å². The normalized spacial score (nSPS) is 11.5. The van der Waals surface area contributed by atoms with Gasteiger partial charge in [-0.2, -0.15) is 0 Å². The van der Waals surface area contributed by atoms with Gasteiger partial charge in [-0.15, -0.1) is 11.3 Å². The maximum absolute atomic E-state index is 12.2.